The first-order valence-corrected chi connectivity index (χ1v) is 5.16. The third-order valence-electron chi connectivity index (χ3n) is 2.83. The first-order chi connectivity index (χ1) is 6.36. The summed E-state index contributed by atoms with van der Waals surface area (Å²) in [5.74, 6) is 0. The van der Waals surface area contributed by atoms with E-state index in [0.29, 0.717) is 6.54 Å². The van der Waals surface area contributed by atoms with Crippen molar-refractivity contribution in [1.82, 2.24) is 4.37 Å². The number of nitrogens with two attached hydrogens (primary N) is 1. The molecule has 0 saturated heterocycles. The van der Waals surface area contributed by atoms with Crippen molar-refractivity contribution >= 4 is 21.8 Å². The summed E-state index contributed by atoms with van der Waals surface area (Å²) in [4.78, 5) is 0. The quantitative estimate of drug-likeness (QED) is 0.794. The second-order valence-corrected chi connectivity index (χ2v) is 4.43. The molecule has 68 valence electrons. The molecule has 2 heterocycles. The highest BCUT2D eigenvalue weighted by atomic mass is 32.1. The fourth-order valence-electron chi connectivity index (χ4n) is 1.70. The first-order valence-electron chi connectivity index (χ1n) is 4.39. The largest absolute Gasteiger partial charge is 0.461 e. The fraction of sp³-hybridized carbons (Fsp3) is 0.444. The van der Waals surface area contributed by atoms with Crippen molar-refractivity contribution in [2.75, 3.05) is 6.54 Å². The number of rotatable bonds is 2. The van der Waals surface area contributed by atoms with Crippen molar-refractivity contribution in [1.29, 1.82) is 0 Å². The summed E-state index contributed by atoms with van der Waals surface area (Å²) in [5, 5.41) is 0. The lowest BCUT2D eigenvalue weighted by atomic mass is 10.0. The second-order valence-electron chi connectivity index (χ2n) is 3.63. The predicted molar refractivity (Wildman–Crippen MR) is 51.9 cm³/mol. The van der Waals surface area contributed by atoms with Crippen LogP contribution in [0.4, 0.5) is 0 Å². The molecule has 2 aromatic rings. The highest BCUT2D eigenvalue weighted by molar-refractivity contribution is 7.13. The van der Waals surface area contributed by atoms with Crippen LogP contribution in [0, 0.1) is 0 Å². The lowest BCUT2D eigenvalue weighted by Crippen LogP contribution is -2.20. The van der Waals surface area contributed by atoms with Crippen LogP contribution in [0.1, 0.15) is 18.5 Å². The van der Waals surface area contributed by atoms with Crippen LogP contribution in [-0.4, -0.2) is 10.9 Å². The maximum absolute atomic E-state index is 5.74. The standard InChI is InChI=1S/C9H10N2OS/c10-5-9(2-3-9)8-7-6(13-11-8)1-4-12-7/h1,4H,2-3,5,10H2. The van der Waals surface area contributed by atoms with Crippen LogP contribution < -0.4 is 5.73 Å². The number of nitrogens with zero attached hydrogens (tertiary/aromatic N) is 1. The summed E-state index contributed by atoms with van der Waals surface area (Å²) in [5.41, 5.74) is 7.93. The van der Waals surface area contributed by atoms with E-state index in [1.165, 1.54) is 11.5 Å². The molecule has 0 spiro atoms. The van der Waals surface area contributed by atoms with Crippen LogP contribution in [0.5, 0.6) is 0 Å². The Morgan fingerprint density at radius 3 is 3.15 bits per heavy atom. The van der Waals surface area contributed by atoms with Gasteiger partial charge in [0.05, 0.1) is 11.0 Å². The van der Waals surface area contributed by atoms with Crippen LogP contribution in [0.3, 0.4) is 0 Å². The van der Waals surface area contributed by atoms with Gasteiger partial charge in [-0.25, -0.2) is 0 Å². The Morgan fingerprint density at radius 2 is 2.46 bits per heavy atom. The van der Waals surface area contributed by atoms with Crippen molar-refractivity contribution < 1.29 is 4.42 Å². The Labute approximate surface area is 79.7 Å². The SMILES string of the molecule is NCC1(c2nsc3ccoc23)CC1. The smallest absolute Gasteiger partial charge is 0.168 e. The summed E-state index contributed by atoms with van der Waals surface area (Å²) >= 11 is 1.50. The molecule has 0 unspecified atom stereocenters. The molecule has 3 rings (SSSR count). The first kappa shape index (κ1) is 7.53. The monoisotopic (exact) mass is 194 g/mol. The van der Waals surface area contributed by atoms with E-state index in [4.69, 9.17) is 10.2 Å². The normalized spacial score (nSPS) is 19.5. The zero-order valence-corrected chi connectivity index (χ0v) is 7.93. The minimum Gasteiger partial charge on any atom is -0.461 e. The van der Waals surface area contributed by atoms with Gasteiger partial charge in [-0.3, -0.25) is 0 Å². The summed E-state index contributed by atoms with van der Waals surface area (Å²) < 4.78 is 11.0. The molecule has 0 atom stereocenters. The van der Waals surface area contributed by atoms with E-state index in [1.54, 1.807) is 6.26 Å². The number of furan rings is 1. The highest BCUT2D eigenvalue weighted by Gasteiger charge is 2.46. The van der Waals surface area contributed by atoms with Crippen molar-refractivity contribution in [3.63, 3.8) is 0 Å². The van der Waals surface area contributed by atoms with Crippen LogP contribution in [-0.2, 0) is 5.41 Å². The Hall–Kier alpha value is -0.870. The Bertz CT molecular complexity index is 441. The predicted octanol–water partition coefficient (Wildman–Crippen LogP) is 1.88. The molecule has 1 fully saturated rings. The lowest BCUT2D eigenvalue weighted by Gasteiger charge is -2.06. The third kappa shape index (κ3) is 0.899. The van der Waals surface area contributed by atoms with E-state index in [9.17, 15) is 0 Å². The molecule has 2 N–H and O–H groups in total. The number of fused-ring (bicyclic) bond motifs is 1. The minimum atomic E-state index is 0.149. The minimum absolute atomic E-state index is 0.149. The lowest BCUT2D eigenvalue weighted by molar-refractivity contribution is 0.592. The molecular weight excluding hydrogens is 184 g/mol. The maximum Gasteiger partial charge on any atom is 0.168 e. The molecule has 0 radical (unpaired) electrons. The van der Waals surface area contributed by atoms with Crippen LogP contribution in [0.15, 0.2) is 16.7 Å². The van der Waals surface area contributed by atoms with Gasteiger partial charge < -0.3 is 10.2 Å². The molecule has 1 aliphatic carbocycles. The summed E-state index contributed by atoms with van der Waals surface area (Å²) in [7, 11) is 0. The van der Waals surface area contributed by atoms with Gasteiger partial charge in [-0.2, -0.15) is 4.37 Å². The summed E-state index contributed by atoms with van der Waals surface area (Å²) in [6.45, 7) is 0.687. The molecular formula is C9H10N2OS. The zero-order valence-electron chi connectivity index (χ0n) is 7.12. The zero-order chi connectivity index (χ0) is 8.89. The van der Waals surface area contributed by atoms with E-state index in [2.05, 4.69) is 4.37 Å². The summed E-state index contributed by atoms with van der Waals surface area (Å²) in [6.07, 6.45) is 4.03. The molecule has 0 aliphatic heterocycles. The average Bonchev–Trinajstić information content (AvgIpc) is 2.62. The van der Waals surface area contributed by atoms with E-state index < -0.39 is 0 Å². The molecule has 0 aromatic carbocycles. The third-order valence-corrected chi connectivity index (χ3v) is 3.62. The van der Waals surface area contributed by atoms with Gasteiger partial charge in [0.25, 0.3) is 0 Å². The van der Waals surface area contributed by atoms with Crippen molar-refractivity contribution in [3.8, 4) is 0 Å². The van der Waals surface area contributed by atoms with Gasteiger partial charge in [-0.05, 0) is 30.4 Å². The Kier molecular flexibility index (Phi) is 1.35. The summed E-state index contributed by atoms with van der Waals surface area (Å²) in [6, 6.07) is 1.96. The molecule has 2 aromatic heterocycles. The van der Waals surface area contributed by atoms with Gasteiger partial charge in [0.2, 0.25) is 0 Å². The van der Waals surface area contributed by atoms with Gasteiger partial charge in [-0.15, -0.1) is 0 Å². The molecule has 13 heavy (non-hydrogen) atoms. The van der Waals surface area contributed by atoms with Crippen molar-refractivity contribution in [3.05, 3.63) is 18.0 Å². The number of hydrogen-bond donors (Lipinski definition) is 1. The Morgan fingerprint density at radius 1 is 1.62 bits per heavy atom. The molecule has 1 aliphatic rings. The van der Waals surface area contributed by atoms with E-state index in [1.807, 2.05) is 6.07 Å². The molecule has 0 amide bonds. The fourth-order valence-corrected chi connectivity index (χ4v) is 2.51. The highest BCUT2D eigenvalue weighted by Crippen LogP contribution is 2.49. The average molecular weight is 194 g/mol. The van der Waals surface area contributed by atoms with Crippen LogP contribution >= 0.6 is 11.5 Å². The van der Waals surface area contributed by atoms with Gasteiger partial charge >= 0.3 is 0 Å². The van der Waals surface area contributed by atoms with Crippen molar-refractivity contribution in [2.24, 2.45) is 5.73 Å². The topological polar surface area (TPSA) is 52.0 Å². The van der Waals surface area contributed by atoms with Crippen LogP contribution in [0.25, 0.3) is 10.3 Å². The van der Waals surface area contributed by atoms with Crippen LogP contribution in [0.2, 0.25) is 0 Å². The van der Waals surface area contributed by atoms with Gasteiger partial charge in [0, 0.05) is 12.0 Å². The second kappa shape index (κ2) is 2.33. The number of hydrogen-bond acceptors (Lipinski definition) is 4. The van der Waals surface area contributed by atoms with E-state index in [-0.39, 0.29) is 5.41 Å². The van der Waals surface area contributed by atoms with Gasteiger partial charge in [0.15, 0.2) is 5.58 Å². The van der Waals surface area contributed by atoms with Gasteiger partial charge in [0.1, 0.15) is 5.69 Å². The molecule has 4 heteroatoms. The molecule has 1 saturated carbocycles. The number of aromatic nitrogens is 1. The Balaban J connectivity index is 2.21. The maximum atomic E-state index is 5.74. The molecule has 0 bridgehead atoms. The molecule has 3 nitrogen and oxygen atoms in total. The van der Waals surface area contributed by atoms with Gasteiger partial charge in [-0.1, -0.05) is 0 Å². The van der Waals surface area contributed by atoms with E-state index >= 15 is 0 Å². The van der Waals surface area contributed by atoms with Crippen molar-refractivity contribution in [2.45, 2.75) is 18.3 Å². The van der Waals surface area contributed by atoms with E-state index in [0.717, 1.165) is 28.8 Å².